The van der Waals surface area contributed by atoms with E-state index in [9.17, 15) is 19.6 Å². The zero-order chi connectivity index (χ0) is 38.5. The van der Waals surface area contributed by atoms with Gasteiger partial charge in [0.05, 0.1) is 35.5 Å². The molecular weight excluding hydrogens is 802 g/mol. The van der Waals surface area contributed by atoms with Gasteiger partial charge in [0.2, 0.25) is 5.91 Å². The van der Waals surface area contributed by atoms with Crippen molar-refractivity contribution in [1.82, 2.24) is 15.5 Å². The molecule has 3 aromatic rings. The van der Waals surface area contributed by atoms with E-state index >= 15 is 8.78 Å². The summed E-state index contributed by atoms with van der Waals surface area (Å²) in [5, 5.41) is 20.2. The van der Waals surface area contributed by atoms with Crippen LogP contribution in [-0.2, 0) is 19.7 Å². The lowest BCUT2D eigenvalue weighted by molar-refractivity contribution is -0.118. The van der Waals surface area contributed by atoms with Crippen LogP contribution in [0.5, 0.6) is 5.75 Å². The van der Waals surface area contributed by atoms with Crippen molar-refractivity contribution in [3.05, 3.63) is 93.0 Å². The second-order valence-corrected chi connectivity index (χ2v) is 14.9. The van der Waals surface area contributed by atoms with Crippen LogP contribution in [-0.4, -0.2) is 81.5 Å². The molecular formula is C38H43Cl4F2N5O6. The van der Waals surface area contributed by atoms with E-state index < -0.39 is 58.4 Å². The zero-order valence-corrected chi connectivity index (χ0v) is 33.7. The highest BCUT2D eigenvalue weighted by atomic mass is 35.5. The number of esters is 1. The molecule has 3 N–H and O–H groups in total. The van der Waals surface area contributed by atoms with Crippen LogP contribution in [0.15, 0.2) is 54.6 Å². The molecule has 2 amide bonds. The maximum absolute atomic E-state index is 16.0. The summed E-state index contributed by atoms with van der Waals surface area (Å²) in [6.45, 7) is 7.88. The Morgan fingerprint density at radius 1 is 1.02 bits per heavy atom. The van der Waals surface area contributed by atoms with Gasteiger partial charge >= 0.3 is 12.1 Å². The summed E-state index contributed by atoms with van der Waals surface area (Å²) in [6, 6.07) is 12.6. The quantitative estimate of drug-likeness (QED) is 0.142. The Hall–Kier alpha value is -3.90. The number of amides is 2. The number of nitrogens with zero attached hydrogens (tertiary/aromatic N) is 2. The molecule has 0 aromatic heterocycles. The Morgan fingerprint density at radius 3 is 2.35 bits per heavy atom. The smallest absolute Gasteiger partial charge is 0.409 e. The highest BCUT2D eigenvalue weighted by Gasteiger charge is 2.61. The number of piperazine rings is 1. The van der Waals surface area contributed by atoms with E-state index in [1.54, 1.807) is 4.90 Å². The predicted octanol–water partition coefficient (Wildman–Crippen LogP) is 7.28. The molecule has 3 aromatic carbocycles. The van der Waals surface area contributed by atoms with E-state index in [0.29, 0.717) is 32.6 Å². The third kappa shape index (κ3) is 10.1. The molecule has 0 unspecified atom stereocenters. The van der Waals surface area contributed by atoms with Crippen molar-refractivity contribution >= 4 is 71.7 Å². The molecule has 55 heavy (non-hydrogen) atoms. The van der Waals surface area contributed by atoms with Crippen molar-refractivity contribution in [3.8, 4) is 11.8 Å². The third-order valence-electron chi connectivity index (χ3n) is 9.34. The lowest BCUT2D eigenvalue weighted by Crippen LogP contribution is -2.46. The standard InChI is InChI=1S/C38H41Cl2F2N5O6.2ClH/c1-37(2,3)20-30-38(21-43,25-10-9-23(39)19-27(25)41)31(24-6-5-7-26(40)32(24)42)33(46-30)34(48)45-28-11-8-22(18-29(28)51-4)35(49)52-16-17-53-36(50)47-14-12-44-13-15-47;;/h5-11,18-19,30-31,33,44,46H,12-17,20H2,1-4H3,(H,45,48);2*1H/t30-,31-,33+,38-;;/m0../s1. The van der Waals surface area contributed by atoms with E-state index in [1.165, 1.54) is 55.6 Å². The van der Waals surface area contributed by atoms with Gasteiger partial charge in [0.1, 0.15) is 36.0 Å². The van der Waals surface area contributed by atoms with Gasteiger partial charge in [-0.1, -0.05) is 62.2 Å². The molecule has 4 atom stereocenters. The highest BCUT2D eigenvalue weighted by molar-refractivity contribution is 6.31. The number of methoxy groups -OCH3 is 1. The number of hydrogen-bond acceptors (Lipinski definition) is 9. The van der Waals surface area contributed by atoms with Gasteiger partial charge in [-0.3, -0.25) is 4.79 Å². The molecule has 11 nitrogen and oxygen atoms in total. The molecule has 5 rings (SSSR count). The van der Waals surface area contributed by atoms with Gasteiger partial charge in [-0.2, -0.15) is 5.26 Å². The minimum atomic E-state index is -1.81. The maximum Gasteiger partial charge on any atom is 0.409 e. The predicted molar refractivity (Wildman–Crippen MR) is 210 cm³/mol. The molecule has 2 heterocycles. The molecule has 0 spiro atoms. The lowest BCUT2D eigenvalue weighted by Gasteiger charge is -2.37. The van der Waals surface area contributed by atoms with Gasteiger partial charge in [0.15, 0.2) is 0 Å². The Kier molecular flexibility index (Phi) is 16.0. The fraction of sp³-hybridized carbons (Fsp3) is 0.421. The van der Waals surface area contributed by atoms with Gasteiger partial charge in [0.25, 0.3) is 0 Å². The van der Waals surface area contributed by atoms with Gasteiger partial charge in [0, 0.05) is 48.7 Å². The molecule has 298 valence electrons. The Bertz CT molecular complexity index is 1910. The van der Waals surface area contributed by atoms with E-state index in [1.807, 2.05) is 20.8 Å². The molecule has 0 radical (unpaired) electrons. The number of nitrogens with one attached hydrogen (secondary N) is 3. The normalized spacial score (nSPS) is 20.6. The van der Waals surface area contributed by atoms with Crippen LogP contribution in [0.4, 0.5) is 19.3 Å². The van der Waals surface area contributed by atoms with Crippen molar-refractivity contribution in [2.75, 3.05) is 51.8 Å². The molecule has 2 aliphatic rings. The molecule has 2 aliphatic heterocycles. The first-order valence-electron chi connectivity index (χ1n) is 17.1. The second-order valence-electron chi connectivity index (χ2n) is 14.1. The Morgan fingerprint density at radius 2 is 1.71 bits per heavy atom. The molecule has 0 saturated carbocycles. The fourth-order valence-corrected chi connectivity index (χ4v) is 7.31. The van der Waals surface area contributed by atoms with Gasteiger partial charge in [-0.25, -0.2) is 18.4 Å². The zero-order valence-electron chi connectivity index (χ0n) is 30.6. The minimum absolute atomic E-state index is 0. The number of hydrogen-bond donors (Lipinski definition) is 3. The average Bonchev–Trinajstić information content (AvgIpc) is 3.44. The summed E-state index contributed by atoms with van der Waals surface area (Å²) in [5.74, 6) is -4.21. The summed E-state index contributed by atoms with van der Waals surface area (Å²) < 4.78 is 47.9. The van der Waals surface area contributed by atoms with Crippen molar-refractivity contribution in [1.29, 1.82) is 5.26 Å². The topological polar surface area (TPSA) is 142 Å². The third-order valence-corrected chi connectivity index (χ3v) is 9.87. The number of carbonyl (C=O) groups excluding carboxylic acids is 3. The van der Waals surface area contributed by atoms with Crippen LogP contribution in [0.2, 0.25) is 10.0 Å². The lowest BCUT2D eigenvalue weighted by atomic mass is 9.62. The largest absolute Gasteiger partial charge is 0.495 e. The SMILES string of the molecule is COc1cc(C(=O)OCCOC(=O)N2CCNCC2)ccc1NC(=O)[C@@H]1N[C@@H](CC(C)(C)C)[C@](C#N)(c2ccc(Cl)cc2F)[C@H]1c1cccc(Cl)c1F.Cl.Cl. The van der Waals surface area contributed by atoms with Gasteiger partial charge < -0.3 is 35.1 Å². The van der Waals surface area contributed by atoms with Crippen molar-refractivity contribution in [2.45, 2.75) is 50.6 Å². The van der Waals surface area contributed by atoms with Crippen LogP contribution >= 0.6 is 48.0 Å². The van der Waals surface area contributed by atoms with Crippen LogP contribution < -0.4 is 20.7 Å². The first-order chi connectivity index (χ1) is 25.2. The monoisotopic (exact) mass is 843 g/mol. The first kappa shape index (κ1) is 45.5. The fourth-order valence-electron chi connectivity index (χ4n) is 6.97. The molecule has 0 bridgehead atoms. The summed E-state index contributed by atoms with van der Waals surface area (Å²) in [5.41, 5.74) is -2.09. The van der Waals surface area contributed by atoms with E-state index in [4.69, 9.17) is 37.4 Å². The number of rotatable bonds is 10. The number of anilines is 1. The van der Waals surface area contributed by atoms with E-state index in [-0.39, 0.29) is 76.2 Å². The molecule has 0 aliphatic carbocycles. The van der Waals surface area contributed by atoms with E-state index in [2.05, 4.69) is 22.0 Å². The van der Waals surface area contributed by atoms with Crippen molar-refractivity contribution in [2.24, 2.45) is 5.41 Å². The first-order valence-corrected chi connectivity index (χ1v) is 17.8. The van der Waals surface area contributed by atoms with E-state index in [0.717, 1.165) is 6.07 Å². The Balaban J connectivity index is 0.00000406. The van der Waals surface area contributed by atoms with Crippen LogP contribution in [0.25, 0.3) is 0 Å². The summed E-state index contributed by atoms with van der Waals surface area (Å²) in [4.78, 5) is 41.0. The maximum atomic E-state index is 16.0. The molecule has 2 saturated heterocycles. The van der Waals surface area contributed by atoms with Crippen LogP contribution in [0.3, 0.4) is 0 Å². The van der Waals surface area contributed by atoms with Crippen LogP contribution in [0, 0.1) is 28.4 Å². The van der Waals surface area contributed by atoms with Gasteiger partial charge in [-0.05, 0) is 53.8 Å². The number of nitriles is 1. The molecule has 17 heteroatoms. The van der Waals surface area contributed by atoms with Crippen molar-refractivity contribution in [3.63, 3.8) is 0 Å². The number of carbonyl (C=O) groups is 3. The second kappa shape index (κ2) is 19.3. The number of halogens is 6. The van der Waals surface area contributed by atoms with Crippen molar-refractivity contribution < 1.29 is 37.4 Å². The average molecular weight is 846 g/mol. The minimum Gasteiger partial charge on any atom is -0.495 e. The van der Waals surface area contributed by atoms with Gasteiger partial charge in [-0.15, -0.1) is 24.8 Å². The highest BCUT2D eigenvalue weighted by Crippen LogP contribution is 2.53. The summed E-state index contributed by atoms with van der Waals surface area (Å²) >= 11 is 12.4. The summed E-state index contributed by atoms with van der Waals surface area (Å²) in [7, 11) is 1.34. The van der Waals surface area contributed by atoms with Crippen LogP contribution in [0.1, 0.15) is 54.6 Å². The summed E-state index contributed by atoms with van der Waals surface area (Å²) in [6.07, 6.45) is -0.198. The Labute approximate surface area is 341 Å². The molecule has 2 fully saturated rings. The number of benzene rings is 3. The number of ether oxygens (including phenoxy) is 3.